The van der Waals surface area contributed by atoms with Crippen molar-refractivity contribution in [3.05, 3.63) is 0 Å². The Bertz CT molecular complexity index is 84.2. The van der Waals surface area contributed by atoms with Crippen LogP contribution in [-0.4, -0.2) is 26.0 Å². The first-order chi connectivity index (χ1) is 5.27. The average Bonchev–Trinajstić information content (AvgIpc) is 2.02. The fraction of sp³-hybridized carbons (Fsp3) is 0.875. The highest BCUT2D eigenvalue weighted by Gasteiger charge is 1.87. The van der Waals surface area contributed by atoms with Gasteiger partial charge in [0.05, 0.1) is 0 Å². The predicted octanol–water partition coefficient (Wildman–Crippen LogP) is 0.758. The fourth-order valence-corrected chi connectivity index (χ4v) is 0.530. The molecule has 1 amide bonds. The molecule has 11 heavy (non-hydrogen) atoms. The van der Waals surface area contributed by atoms with Crippen LogP contribution in [0.25, 0.3) is 0 Å². The molecular weight excluding hydrogens is 140 g/mol. The third-order valence-corrected chi connectivity index (χ3v) is 0.977. The first kappa shape index (κ1) is 13.1. The van der Waals surface area contributed by atoms with E-state index in [-0.39, 0.29) is 5.91 Å². The van der Waals surface area contributed by atoms with E-state index >= 15 is 0 Å². The Hall–Kier alpha value is -0.570. The highest BCUT2D eigenvalue weighted by atomic mass is 16.1. The highest BCUT2D eigenvalue weighted by molar-refractivity contribution is 5.72. The van der Waals surface area contributed by atoms with Crippen LogP contribution in [-0.2, 0) is 4.79 Å². The van der Waals surface area contributed by atoms with Gasteiger partial charge in [-0.3, -0.25) is 4.79 Å². The van der Waals surface area contributed by atoms with Crippen molar-refractivity contribution in [2.75, 3.05) is 20.1 Å². The Labute approximate surface area is 69.6 Å². The van der Waals surface area contributed by atoms with Crippen LogP contribution in [0.1, 0.15) is 27.2 Å². The van der Waals surface area contributed by atoms with Crippen molar-refractivity contribution in [1.82, 2.24) is 10.6 Å². The van der Waals surface area contributed by atoms with E-state index in [1.165, 1.54) is 6.92 Å². The van der Waals surface area contributed by atoms with Crippen LogP contribution in [0.15, 0.2) is 0 Å². The van der Waals surface area contributed by atoms with Crippen LogP contribution in [0, 0.1) is 0 Å². The Morgan fingerprint density at radius 2 is 1.82 bits per heavy atom. The second-order valence-corrected chi connectivity index (χ2v) is 1.94. The largest absolute Gasteiger partial charge is 0.356 e. The lowest BCUT2D eigenvalue weighted by Crippen LogP contribution is -2.23. The van der Waals surface area contributed by atoms with Gasteiger partial charge in [0, 0.05) is 13.5 Å². The molecule has 0 aliphatic rings. The molecule has 0 radical (unpaired) electrons. The monoisotopic (exact) mass is 160 g/mol. The zero-order valence-corrected chi connectivity index (χ0v) is 8.03. The van der Waals surface area contributed by atoms with E-state index in [0.29, 0.717) is 0 Å². The topological polar surface area (TPSA) is 41.1 Å². The number of hydrogen-bond donors (Lipinski definition) is 2. The quantitative estimate of drug-likeness (QED) is 0.596. The van der Waals surface area contributed by atoms with Crippen molar-refractivity contribution in [2.24, 2.45) is 0 Å². The summed E-state index contributed by atoms with van der Waals surface area (Å²) in [6, 6.07) is 0. The first-order valence-electron chi connectivity index (χ1n) is 4.16. The van der Waals surface area contributed by atoms with Crippen LogP contribution < -0.4 is 10.6 Å². The predicted molar refractivity (Wildman–Crippen MR) is 48.6 cm³/mol. The highest BCUT2D eigenvalue weighted by Crippen LogP contribution is 1.70. The van der Waals surface area contributed by atoms with E-state index in [1.807, 2.05) is 20.9 Å². The molecule has 3 heteroatoms. The number of amides is 1. The molecule has 0 heterocycles. The maximum Gasteiger partial charge on any atom is 0.216 e. The molecule has 2 N–H and O–H groups in total. The van der Waals surface area contributed by atoms with E-state index in [4.69, 9.17) is 0 Å². The summed E-state index contributed by atoms with van der Waals surface area (Å²) in [6.45, 7) is 7.26. The van der Waals surface area contributed by atoms with Gasteiger partial charge in [-0.15, -0.1) is 0 Å². The molecule has 0 aromatic heterocycles. The molecule has 0 unspecified atom stereocenters. The molecular formula is C8H20N2O. The van der Waals surface area contributed by atoms with Crippen molar-refractivity contribution in [2.45, 2.75) is 27.2 Å². The molecule has 0 atom stereocenters. The lowest BCUT2D eigenvalue weighted by Gasteiger charge is -1.99. The van der Waals surface area contributed by atoms with Gasteiger partial charge in [0.15, 0.2) is 0 Å². The summed E-state index contributed by atoms with van der Waals surface area (Å²) in [7, 11) is 1.90. The van der Waals surface area contributed by atoms with E-state index in [9.17, 15) is 4.79 Å². The van der Waals surface area contributed by atoms with Gasteiger partial charge in [-0.25, -0.2) is 0 Å². The minimum atomic E-state index is 0.0473. The second kappa shape index (κ2) is 12.1. The van der Waals surface area contributed by atoms with Crippen LogP contribution in [0.3, 0.4) is 0 Å². The molecule has 0 saturated carbocycles. The standard InChI is InChI=1S/C6H14N2O.C2H6/c1-6(9)8-5-3-4-7-2;1-2/h7H,3-5H2,1-2H3,(H,8,9);1-2H3. The number of hydrogen-bond acceptors (Lipinski definition) is 2. The van der Waals surface area contributed by atoms with Gasteiger partial charge in [0.1, 0.15) is 0 Å². The molecule has 0 saturated heterocycles. The molecule has 0 rings (SSSR count). The second-order valence-electron chi connectivity index (χ2n) is 1.94. The molecule has 3 nitrogen and oxygen atoms in total. The van der Waals surface area contributed by atoms with Gasteiger partial charge >= 0.3 is 0 Å². The van der Waals surface area contributed by atoms with Gasteiger partial charge in [-0.2, -0.15) is 0 Å². The minimum Gasteiger partial charge on any atom is -0.356 e. The molecule has 0 bridgehead atoms. The van der Waals surface area contributed by atoms with Crippen LogP contribution in [0.4, 0.5) is 0 Å². The van der Waals surface area contributed by atoms with Crippen LogP contribution in [0.5, 0.6) is 0 Å². The molecule has 0 fully saturated rings. The Morgan fingerprint density at radius 1 is 1.27 bits per heavy atom. The SMILES string of the molecule is CC.CNCCCNC(C)=O. The van der Waals surface area contributed by atoms with Gasteiger partial charge in [0.2, 0.25) is 5.91 Å². The Morgan fingerprint density at radius 3 is 2.18 bits per heavy atom. The van der Waals surface area contributed by atoms with Crippen molar-refractivity contribution in [3.8, 4) is 0 Å². The number of carbonyl (C=O) groups excluding carboxylic acids is 1. The number of nitrogens with one attached hydrogen (secondary N) is 2. The lowest BCUT2D eigenvalue weighted by molar-refractivity contribution is -0.118. The Kier molecular flexibility index (Phi) is 14.4. The molecule has 0 spiro atoms. The molecule has 0 aliphatic heterocycles. The summed E-state index contributed by atoms with van der Waals surface area (Å²) >= 11 is 0. The van der Waals surface area contributed by atoms with Gasteiger partial charge < -0.3 is 10.6 Å². The summed E-state index contributed by atoms with van der Waals surface area (Å²) in [4.78, 5) is 10.3. The lowest BCUT2D eigenvalue weighted by atomic mass is 10.4. The third kappa shape index (κ3) is 17.7. The number of rotatable bonds is 4. The van der Waals surface area contributed by atoms with E-state index in [1.54, 1.807) is 0 Å². The van der Waals surface area contributed by atoms with Gasteiger partial charge in [-0.1, -0.05) is 13.8 Å². The average molecular weight is 160 g/mol. The summed E-state index contributed by atoms with van der Waals surface area (Å²) in [5.41, 5.74) is 0. The summed E-state index contributed by atoms with van der Waals surface area (Å²) in [5.74, 6) is 0.0473. The normalized spacial score (nSPS) is 8.00. The zero-order chi connectivity index (χ0) is 9.11. The van der Waals surface area contributed by atoms with Crippen molar-refractivity contribution in [1.29, 1.82) is 0 Å². The first-order valence-corrected chi connectivity index (χ1v) is 4.16. The molecule has 0 aliphatic carbocycles. The summed E-state index contributed by atoms with van der Waals surface area (Å²) in [6.07, 6.45) is 0.996. The van der Waals surface area contributed by atoms with Gasteiger partial charge in [-0.05, 0) is 20.0 Å². The smallest absolute Gasteiger partial charge is 0.216 e. The van der Waals surface area contributed by atoms with Gasteiger partial charge in [0.25, 0.3) is 0 Å². The summed E-state index contributed by atoms with van der Waals surface area (Å²) < 4.78 is 0. The Balaban J connectivity index is 0. The van der Waals surface area contributed by atoms with Crippen molar-refractivity contribution >= 4 is 5.91 Å². The van der Waals surface area contributed by atoms with E-state index in [2.05, 4.69) is 10.6 Å². The van der Waals surface area contributed by atoms with Crippen molar-refractivity contribution in [3.63, 3.8) is 0 Å². The van der Waals surface area contributed by atoms with E-state index in [0.717, 1.165) is 19.5 Å². The molecule has 68 valence electrons. The molecule has 0 aromatic rings. The number of carbonyl (C=O) groups is 1. The zero-order valence-electron chi connectivity index (χ0n) is 8.03. The summed E-state index contributed by atoms with van der Waals surface area (Å²) in [5, 5.41) is 5.69. The van der Waals surface area contributed by atoms with E-state index < -0.39 is 0 Å². The third-order valence-electron chi connectivity index (χ3n) is 0.977. The maximum atomic E-state index is 10.3. The van der Waals surface area contributed by atoms with Crippen LogP contribution in [0.2, 0.25) is 0 Å². The maximum absolute atomic E-state index is 10.3. The van der Waals surface area contributed by atoms with Crippen molar-refractivity contribution < 1.29 is 4.79 Å². The molecule has 0 aromatic carbocycles. The minimum absolute atomic E-state index is 0.0473. The van der Waals surface area contributed by atoms with Crippen LogP contribution >= 0.6 is 0 Å². The fourth-order valence-electron chi connectivity index (χ4n) is 0.530.